The van der Waals surface area contributed by atoms with Gasteiger partial charge in [0.1, 0.15) is 5.75 Å². The first kappa shape index (κ1) is 14.8. The molecule has 1 aliphatic carbocycles. The summed E-state index contributed by atoms with van der Waals surface area (Å²) >= 11 is 0. The van der Waals surface area contributed by atoms with Gasteiger partial charge < -0.3 is 4.74 Å². The summed E-state index contributed by atoms with van der Waals surface area (Å²) in [6.07, 6.45) is 7.33. The Morgan fingerprint density at radius 1 is 1.30 bits per heavy atom. The van der Waals surface area contributed by atoms with Gasteiger partial charge in [0.15, 0.2) is 0 Å². The zero-order valence-corrected chi connectivity index (χ0v) is 13.0. The van der Waals surface area contributed by atoms with Crippen molar-refractivity contribution in [2.24, 2.45) is 5.92 Å². The third-order valence-electron chi connectivity index (χ3n) is 4.09. The average molecular weight is 272 g/mol. The monoisotopic (exact) mass is 272 g/mol. The SMILES string of the molecule is CCC1CCCC=C1c1cc(C)c(OC(C)=O)c(C)c1. The van der Waals surface area contributed by atoms with Crippen molar-refractivity contribution >= 4 is 11.5 Å². The van der Waals surface area contributed by atoms with Gasteiger partial charge in [0.25, 0.3) is 0 Å². The molecule has 20 heavy (non-hydrogen) atoms. The molecule has 0 aliphatic heterocycles. The van der Waals surface area contributed by atoms with Gasteiger partial charge in [0, 0.05) is 6.92 Å². The largest absolute Gasteiger partial charge is 0.426 e. The summed E-state index contributed by atoms with van der Waals surface area (Å²) in [4.78, 5) is 11.2. The maximum atomic E-state index is 11.2. The van der Waals surface area contributed by atoms with Gasteiger partial charge in [0.2, 0.25) is 0 Å². The lowest BCUT2D eigenvalue weighted by Gasteiger charge is -2.24. The van der Waals surface area contributed by atoms with Crippen LogP contribution in [0.5, 0.6) is 5.75 Å². The zero-order chi connectivity index (χ0) is 14.7. The van der Waals surface area contributed by atoms with E-state index in [2.05, 4.69) is 25.1 Å². The van der Waals surface area contributed by atoms with Gasteiger partial charge in [0.05, 0.1) is 0 Å². The minimum absolute atomic E-state index is 0.257. The summed E-state index contributed by atoms with van der Waals surface area (Å²) in [5.41, 5.74) is 4.84. The van der Waals surface area contributed by atoms with Crippen molar-refractivity contribution in [3.8, 4) is 5.75 Å². The number of benzene rings is 1. The third-order valence-corrected chi connectivity index (χ3v) is 4.09. The highest BCUT2D eigenvalue weighted by atomic mass is 16.5. The molecule has 1 aromatic rings. The van der Waals surface area contributed by atoms with E-state index in [9.17, 15) is 4.79 Å². The summed E-state index contributed by atoms with van der Waals surface area (Å²) in [5, 5.41) is 0. The summed E-state index contributed by atoms with van der Waals surface area (Å²) < 4.78 is 5.31. The van der Waals surface area contributed by atoms with E-state index in [0.29, 0.717) is 11.7 Å². The second kappa shape index (κ2) is 6.25. The van der Waals surface area contributed by atoms with Crippen LogP contribution in [0.4, 0.5) is 0 Å². The van der Waals surface area contributed by atoms with Crippen LogP contribution in [0.2, 0.25) is 0 Å². The quantitative estimate of drug-likeness (QED) is 0.582. The number of esters is 1. The molecule has 0 aromatic heterocycles. The topological polar surface area (TPSA) is 26.3 Å². The van der Waals surface area contributed by atoms with Crippen LogP contribution in [-0.4, -0.2) is 5.97 Å². The predicted molar refractivity (Wildman–Crippen MR) is 82.8 cm³/mol. The van der Waals surface area contributed by atoms with Gasteiger partial charge in [-0.3, -0.25) is 4.79 Å². The highest BCUT2D eigenvalue weighted by molar-refractivity contribution is 5.73. The summed E-state index contributed by atoms with van der Waals surface area (Å²) in [6, 6.07) is 4.32. The number of allylic oxidation sites excluding steroid dienone is 2. The second-order valence-corrected chi connectivity index (χ2v) is 5.73. The van der Waals surface area contributed by atoms with E-state index in [0.717, 1.165) is 11.1 Å². The van der Waals surface area contributed by atoms with Crippen molar-refractivity contribution in [3.05, 3.63) is 34.9 Å². The van der Waals surface area contributed by atoms with Crippen molar-refractivity contribution in [2.45, 2.75) is 53.4 Å². The first-order valence-corrected chi connectivity index (χ1v) is 7.53. The lowest BCUT2D eigenvalue weighted by molar-refractivity contribution is -0.131. The Morgan fingerprint density at radius 2 is 1.95 bits per heavy atom. The first-order valence-electron chi connectivity index (χ1n) is 7.53. The van der Waals surface area contributed by atoms with Crippen LogP contribution in [-0.2, 0) is 4.79 Å². The Morgan fingerprint density at radius 3 is 2.50 bits per heavy atom. The molecule has 1 aromatic carbocycles. The van der Waals surface area contributed by atoms with Crippen LogP contribution >= 0.6 is 0 Å². The molecule has 0 heterocycles. The van der Waals surface area contributed by atoms with E-state index in [-0.39, 0.29) is 5.97 Å². The summed E-state index contributed by atoms with van der Waals surface area (Å²) in [5.74, 6) is 1.13. The molecule has 0 N–H and O–H groups in total. The lowest BCUT2D eigenvalue weighted by atomic mass is 9.81. The minimum Gasteiger partial charge on any atom is -0.426 e. The van der Waals surface area contributed by atoms with Gasteiger partial charge in [-0.05, 0) is 79.8 Å². The number of carbonyl (C=O) groups is 1. The van der Waals surface area contributed by atoms with E-state index in [4.69, 9.17) is 4.74 Å². The minimum atomic E-state index is -0.257. The molecule has 0 saturated heterocycles. The Kier molecular flexibility index (Phi) is 4.64. The average Bonchev–Trinajstić information content (AvgIpc) is 2.42. The van der Waals surface area contributed by atoms with Crippen molar-refractivity contribution in [1.82, 2.24) is 0 Å². The van der Waals surface area contributed by atoms with E-state index in [1.165, 1.54) is 43.7 Å². The molecular formula is C18H24O2. The summed E-state index contributed by atoms with van der Waals surface area (Å²) in [7, 11) is 0. The van der Waals surface area contributed by atoms with Crippen molar-refractivity contribution < 1.29 is 9.53 Å². The van der Waals surface area contributed by atoms with Crippen LogP contribution in [0.25, 0.3) is 5.57 Å². The van der Waals surface area contributed by atoms with Crippen LogP contribution < -0.4 is 4.74 Å². The molecule has 0 fully saturated rings. The molecule has 0 radical (unpaired) electrons. The highest BCUT2D eigenvalue weighted by Gasteiger charge is 2.19. The van der Waals surface area contributed by atoms with Crippen molar-refractivity contribution in [1.29, 1.82) is 0 Å². The second-order valence-electron chi connectivity index (χ2n) is 5.73. The maximum Gasteiger partial charge on any atom is 0.308 e. The van der Waals surface area contributed by atoms with Crippen LogP contribution in [0.3, 0.4) is 0 Å². The fraction of sp³-hybridized carbons (Fsp3) is 0.500. The molecule has 0 saturated carbocycles. The summed E-state index contributed by atoms with van der Waals surface area (Å²) in [6.45, 7) is 7.73. The smallest absolute Gasteiger partial charge is 0.308 e. The van der Waals surface area contributed by atoms with Crippen LogP contribution in [0.15, 0.2) is 18.2 Å². The highest BCUT2D eigenvalue weighted by Crippen LogP contribution is 2.37. The molecule has 2 nitrogen and oxygen atoms in total. The maximum absolute atomic E-state index is 11.2. The van der Waals surface area contributed by atoms with Gasteiger partial charge in [-0.15, -0.1) is 0 Å². The normalized spacial score (nSPS) is 18.6. The first-order chi connectivity index (χ1) is 9.52. The number of aryl methyl sites for hydroxylation is 2. The van der Waals surface area contributed by atoms with Crippen LogP contribution in [0.1, 0.15) is 56.2 Å². The number of carbonyl (C=O) groups excluding carboxylic acids is 1. The number of ether oxygens (including phenoxy) is 1. The molecule has 0 spiro atoms. The Balaban J connectivity index is 2.39. The fourth-order valence-electron chi connectivity index (χ4n) is 3.14. The van der Waals surface area contributed by atoms with Gasteiger partial charge >= 0.3 is 5.97 Å². The van der Waals surface area contributed by atoms with Crippen molar-refractivity contribution in [2.75, 3.05) is 0 Å². The van der Waals surface area contributed by atoms with E-state index in [1.54, 1.807) is 0 Å². The Labute approximate surface area is 121 Å². The molecule has 0 bridgehead atoms. The van der Waals surface area contributed by atoms with Gasteiger partial charge in [-0.2, -0.15) is 0 Å². The Bertz CT molecular complexity index is 517. The molecule has 0 amide bonds. The van der Waals surface area contributed by atoms with E-state index >= 15 is 0 Å². The zero-order valence-electron chi connectivity index (χ0n) is 13.0. The standard InChI is InChI=1S/C18H24O2/c1-5-15-8-6-7-9-17(15)16-10-12(2)18(13(3)11-16)20-14(4)19/h9-11,15H,5-8H2,1-4H3. The molecular weight excluding hydrogens is 248 g/mol. The molecule has 2 heteroatoms. The molecule has 1 atom stereocenters. The van der Waals surface area contributed by atoms with Crippen molar-refractivity contribution in [3.63, 3.8) is 0 Å². The molecule has 1 aliphatic rings. The molecule has 1 unspecified atom stereocenters. The number of rotatable bonds is 3. The third kappa shape index (κ3) is 3.12. The van der Waals surface area contributed by atoms with E-state index in [1.807, 2.05) is 13.8 Å². The lowest BCUT2D eigenvalue weighted by Crippen LogP contribution is -2.09. The Hall–Kier alpha value is -1.57. The number of hydrogen-bond donors (Lipinski definition) is 0. The van der Waals surface area contributed by atoms with Crippen LogP contribution in [0, 0.1) is 19.8 Å². The molecule has 2 rings (SSSR count). The van der Waals surface area contributed by atoms with Gasteiger partial charge in [-0.25, -0.2) is 0 Å². The predicted octanol–water partition coefficient (Wildman–Crippen LogP) is 4.82. The number of hydrogen-bond acceptors (Lipinski definition) is 2. The van der Waals surface area contributed by atoms with Gasteiger partial charge in [-0.1, -0.05) is 13.0 Å². The fourth-order valence-corrected chi connectivity index (χ4v) is 3.14. The van der Waals surface area contributed by atoms with E-state index < -0.39 is 0 Å². The molecule has 108 valence electrons.